The fraction of sp³-hybridized carbons (Fsp3) is 0.308. The molecule has 1 saturated heterocycles. The summed E-state index contributed by atoms with van der Waals surface area (Å²) in [5.41, 5.74) is 0.694. The molecular formula is C26H29NO2. The third-order valence-electron chi connectivity index (χ3n) is 5.89. The summed E-state index contributed by atoms with van der Waals surface area (Å²) in [6, 6.07) is 29.9. The van der Waals surface area contributed by atoms with Gasteiger partial charge < -0.3 is 14.7 Å². The minimum absolute atomic E-state index is 0.106. The number of nitrogens with zero attached hydrogens (tertiary/aromatic N) is 1. The van der Waals surface area contributed by atoms with Gasteiger partial charge in [-0.05, 0) is 49.2 Å². The molecule has 0 saturated carbocycles. The molecule has 0 aromatic heterocycles. The highest BCUT2D eigenvalue weighted by molar-refractivity contribution is 5.37. The van der Waals surface area contributed by atoms with Gasteiger partial charge in [-0.25, -0.2) is 0 Å². The van der Waals surface area contributed by atoms with Crippen LogP contribution in [0.25, 0.3) is 0 Å². The van der Waals surface area contributed by atoms with Crippen LogP contribution < -0.4 is 4.74 Å². The second-order valence-electron chi connectivity index (χ2n) is 7.83. The summed E-state index contributed by atoms with van der Waals surface area (Å²) in [6.45, 7) is 3.41. The molecule has 1 atom stereocenters. The van der Waals surface area contributed by atoms with E-state index in [4.69, 9.17) is 4.74 Å². The van der Waals surface area contributed by atoms with Crippen LogP contribution >= 0.6 is 0 Å². The Bertz CT molecular complexity index is 821. The highest BCUT2D eigenvalue weighted by Crippen LogP contribution is 2.38. The molecule has 1 unspecified atom stereocenters. The molecule has 1 aliphatic rings. The highest BCUT2D eigenvalue weighted by atomic mass is 16.5. The molecule has 1 aliphatic heterocycles. The SMILES string of the molecule is OC(c1ccccc1)(c1ccccc1)C(COc1ccccc1)CN1CCCC1. The lowest BCUT2D eigenvalue weighted by molar-refractivity contribution is -0.0181. The Labute approximate surface area is 173 Å². The number of benzene rings is 3. The van der Waals surface area contributed by atoms with Gasteiger partial charge in [0, 0.05) is 12.5 Å². The van der Waals surface area contributed by atoms with Gasteiger partial charge in [0.15, 0.2) is 0 Å². The maximum absolute atomic E-state index is 12.2. The molecule has 0 bridgehead atoms. The first-order valence-electron chi connectivity index (χ1n) is 10.5. The predicted molar refractivity (Wildman–Crippen MR) is 117 cm³/mol. The van der Waals surface area contributed by atoms with E-state index in [9.17, 15) is 5.11 Å². The van der Waals surface area contributed by atoms with Crippen molar-refractivity contribution in [2.24, 2.45) is 5.92 Å². The first kappa shape index (κ1) is 19.7. The number of hydrogen-bond donors (Lipinski definition) is 1. The van der Waals surface area contributed by atoms with Gasteiger partial charge in [0.2, 0.25) is 0 Å². The van der Waals surface area contributed by atoms with Crippen LogP contribution in [0.4, 0.5) is 0 Å². The minimum Gasteiger partial charge on any atom is -0.493 e. The largest absolute Gasteiger partial charge is 0.493 e. The second kappa shape index (κ2) is 9.25. The lowest BCUT2D eigenvalue weighted by Crippen LogP contribution is -2.45. The van der Waals surface area contributed by atoms with E-state index in [1.807, 2.05) is 91.0 Å². The summed E-state index contributed by atoms with van der Waals surface area (Å²) in [6.07, 6.45) is 2.45. The van der Waals surface area contributed by atoms with E-state index in [0.29, 0.717) is 6.61 Å². The van der Waals surface area contributed by atoms with Crippen molar-refractivity contribution in [2.45, 2.75) is 18.4 Å². The van der Waals surface area contributed by atoms with Crippen LogP contribution in [0.1, 0.15) is 24.0 Å². The van der Waals surface area contributed by atoms with Crippen molar-refractivity contribution < 1.29 is 9.84 Å². The van der Waals surface area contributed by atoms with Crippen LogP contribution in [0.5, 0.6) is 5.75 Å². The fourth-order valence-corrected chi connectivity index (χ4v) is 4.32. The molecule has 3 nitrogen and oxygen atoms in total. The Morgan fingerprint density at radius 3 is 1.76 bits per heavy atom. The van der Waals surface area contributed by atoms with E-state index < -0.39 is 5.60 Å². The van der Waals surface area contributed by atoms with Gasteiger partial charge in [0.05, 0.1) is 6.61 Å². The van der Waals surface area contributed by atoms with E-state index in [-0.39, 0.29) is 5.92 Å². The third kappa shape index (κ3) is 4.52. The highest BCUT2D eigenvalue weighted by Gasteiger charge is 2.41. The Morgan fingerprint density at radius 1 is 0.759 bits per heavy atom. The van der Waals surface area contributed by atoms with E-state index >= 15 is 0 Å². The first-order chi connectivity index (χ1) is 14.3. The summed E-state index contributed by atoms with van der Waals surface area (Å²) in [5.74, 6) is 0.730. The van der Waals surface area contributed by atoms with Crippen LogP contribution in [-0.2, 0) is 5.60 Å². The van der Waals surface area contributed by atoms with Gasteiger partial charge in [-0.15, -0.1) is 0 Å². The van der Waals surface area contributed by atoms with Gasteiger partial charge in [-0.3, -0.25) is 0 Å². The number of likely N-dealkylation sites (tertiary alicyclic amines) is 1. The van der Waals surface area contributed by atoms with Crippen LogP contribution in [0.2, 0.25) is 0 Å². The fourth-order valence-electron chi connectivity index (χ4n) is 4.32. The van der Waals surface area contributed by atoms with Crippen molar-refractivity contribution in [1.29, 1.82) is 0 Å². The van der Waals surface area contributed by atoms with E-state index in [1.165, 1.54) is 12.8 Å². The summed E-state index contributed by atoms with van der Waals surface area (Å²) in [5, 5.41) is 12.2. The van der Waals surface area contributed by atoms with E-state index in [0.717, 1.165) is 36.5 Å². The molecule has 0 radical (unpaired) electrons. The van der Waals surface area contributed by atoms with Gasteiger partial charge in [0.25, 0.3) is 0 Å². The van der Waals surface area contributed by atoms with Crippen molar-refractivity contribution in [3.05, 3.63) is 102 Å². The summed E-state index contributed by atoms with van der Waals surface area (Å²) in [7, 11) is 0. The molecule has 29 heavy (non-hydrogen) atoms. The normalized spacial score (nSPS) is 15.9. The van der Waals surface area contributed by atoms with Crippen molar-refractivity contribution in [3.63, 3.8) is 0 Å². The summed E-state index contributed by atoms with van der Waals surface area (Å²) in [4.78, 5) is 2.45. The van der Waals surface area contributed by atoms with Crippen molar-refractivity contribution in [3.8, 4) is 5.75 Å². The molecule has 3 heteroatoms. The Hall–Kier alpha value is -2.62. The Morgan fingerprint density at radius 2 is 1.24 bits per heavy atom. The van der Waals surface area contributed by atoms with Crippen LogP contribution in [0.15, 0.2) is 91.0 Å². The molecule has 0 spiro atoms. The molecule has 4 rings (SSSR count). The zero-order valence-corrected chi connectivity index (χ0v) is 16.8. The smallest absolute Gasteiger partial charge is 0.122 e. The average molecular weight is 388 g/mol. The van der Waals surface area contributed by atoms with Crippen molar-refractivity contribution in [1.82, 2.24) is 4.90 Å². The van der Waals surface area contributed by atoms with E-state index in [1.54, 1.807) is 0 Å². The van der Waals surface area contributed by atoms with Crippen LogP contribution in [0, 0.1) is 5.92 Å². The van der Waals surface area contributed by atoms with E-state index in [2.05, 4.69) is 4.90 Å². The zero-order chi connectivity index (χ0) is 19.9. The quantitative estimate of drug-likeness (QED) is 0.607. The van der Waals surface area contributed by atoms with Crippen molar-refractivity contribution in [2.75, 3.05) is 26.2 Å². The number of rotatable bonds is 8. The molecular weight excluding hydrogens is 358 g/mol. The topological polar surface area (TPSA) is 32.7 Å². The standard InChI is InChI=1S/C26H29NO2/c28-26(22-12-4-1-5-13-22,23-14-6-2-7-15-23)24(20-27-18-10-11-19-27)21-29-25-16-8-3-9-17-25/h1-9,12-17,24,28H,10-11,18-21H2. The number of aliphatic hydroxyl groups is 1. The third-order valence-corrected chi connectivity index (χ3v) is 5.89. The molecule has 0 amide bonds. The summed E-state index contributed by atoms with van der Waals surface area (Å²) >= 11 is 0. The maximum Gasteiger partial charge on any atom is 0.122 e. The lowest BCUT2D eigenvalue weighted by atomic mass is 9.76. The maximum atomic E-state index is 12.2. The lowest BCUT2D eigenvalue weighted by Gasteiger charge is -2.39. The minimum atomic E-state index is -1.13. The molecule has 0 aliphatic carbocycles. The van der Waals surface area contributed by atoms with Crippen LogP contribution in [-0.4, -0.2) is 36.2 Å². The molecule has 150 valence electrons. The molecule has 3 aromatic carbocycles. The molecule has 1 N–H and O–H groups in total. The van der Waals surface area contributed by atoms with Gasteiger partial charge >= 0.3 is 0 Å². The number of para-hydroxylation sites is 1. The molecule has 1 fully saturated rings. The first-order valence-corrected chi connectivity index (χ1v) is 10.5. The van der Waals surface area contributed by atoms with Gasteiger partial charge in [0.1, 0.15) is 11.4 Å². The van der Waals surface area contributed by atoms with Gasteiger partial charge in [-0.1, -0.05) is 78.9 Å². The predicted octanol–water partition coefficient (Wildman–Crippen LogP) is 4.71. The van der Waals surface area contributed by atoms with Crippen LogP contribution in [0.3, 0.4) is 0 Å². The number of hydrogen-bond acceptors (Lipinski definition) is 3. The summed E-state index contributed by atoms with van der Waals surface area (Å²) < 4.78 is 6.18. The monoisotopic (exact) mass is 387 g/mol. The van der Waals surface area contributed by atoms with Gasteiger partial charge in [-0.2, -0.15) is 0 Å². The zero-order valence-electron chi connectivity index (χ0n) is 16.8. The van der Waals surface area contributed by atoms with Crippen molar-refractivity contribution >= 4 is 0 Å². The molecule has 1 heterocycles. The number of ether oxygens (including phenoxy) is 1. The Kier molecular flexibility index (Phi) is 6.28. The second-order valence-corrected chi connectivity index (χ2v) is 7.83. The molecule has 3 aromatic rings. The average Bonchev–Trinajstić information content (AvgIpc) is 3.31. The Balaban J connectivity index is 1.70.